The maximum absolute atomic E-state index is 10.4. The van der Waals surface area contributed by atoms with Crippen molar-refractivity contribution in [2.24, 2.45) is 5.41 Å². The highest BCUT2D eigenvalue weighted by atomic mass is 32.1. The van der Waals surface area contributed by atoms with Crippen LogP contribution in [0.3, 0.4) is 0 Å². The lowest BCUT2D eigenvalue weighted by molar-refractivity contribution is -0.207. The molecule has 2 fully saturated rings. The Labute approximate surface area is 142 Å². The Balaban J connectivity index is 1.60. The van der Waals surface area contributed by atoms with Crippen LogP contribution in [0, 0.1) is 5.41 Å². The van der Waals surface area contributed by atoms with E-state index in [2.05, 4.69) is 30.7 Å². The largest absolute Gasteiger partial charge is 0.393 e. The van der Waals surface area contributed by atoms with Crippen LogP contribution in [0.15, 0.2) is 6.20 Å². The molecule has 0 unspecified atom stereocenters. The maximum atomic E-state index is 10.4. The highest BCUT2D eigenvalue weighted by molar-refractivity contribution is 7.15. The summed E-state index contributed by atoms with van der Waals surface area (Å²) in [6, 6.07) is 0. The Morgan fingerprint density at radius 2 is 2.13 bits per heavy atom. The molecule has 6 heteroatoms. The Kier molecular flexibility index (Phi) is 4.71. The Morgan fingerprint density at radius 1 is 1.43 bits per heavy atom. The summed E-state index contributed by atoms with van der Waals surface area (Å²) in [6.07, 6.45) is 5.30. The van der Waals surface area contributed by atoms with Gasteiger partial charge in [-0.3, -0.25) is 4.90 Å². The van der Waals surface area contributed by atoms with Crippen molar-refractivity contribution in [2.75, 3.05) is 18.8 Å². The number of aliphatic hydroxyl groups is 1. The van der Waals surface area contributed by atoms with Gasteiger partial charge in [-0.1, -0.05) is 20.8 Å². The highest BCUT2D eigenvalue weighted by Gasteiger charge is 2.46. The van der Waals surface area contributed by atoms with E-state index in [1.54, 1.807) is 11.3 Å². The zero-order valence-electron chi connectivity index (χ0n) is 14.4. The fourth-order valence-corrected chi connectivity index (χ4v) is 4.47. The number of hydrogen-bond acceptors (Lipinski definition) is 6. The second-order valence-corrected chi connectivity index (χ2v) is 9.34. The second kappa shape index (κ2) is 6.31. The third-order valence-corrected chi connectivity index (χ3v) is 5.98. The molecule has 0 bridgehead atoms. The predicted molar refractivity (Wildman–Crippen MR) is 93.3 cm³/mol. The summed E-state index contributed by atoms with van der Waals surface area (Å²) < 4.78 is 6.54. The van der Waals surface area contributed by atoms with Crippen molar-refractivity contribution in [1.29, 1.82) is 0 Å². The van der Waals surface area contributed by atoms with Gasteiger partial charge in [-0.15, -0.1) is 11.3 Å². The monoisotopic (exact) mass is 339 g/mol. The fourth-order valence-electron chi connectivity index (χ4n) is 3.74. The Hall–Kier alpha value is -0.690. The van der Waals surface area contributed by atoms with Crippen molar-refractivity contribution >= 4 is 16.5 Å². The molecule has 2 saturated heterocycles. The van der Waals surface area contributed by atoms with E-state index < -0.39 is 0 Å². The summed E-state index contributed by atoms with van der Waals surface area (Å²) in [5.74, 6) is 0. The number of nitrogens with two attached hydrogens (primary N) is 1. The van der Waals surface area contributed by atoms with Crippen molar-refractivity contribution in [2.45, 2.75) is 70.8 Å². The molecule has 3 N–H and O–H groups in total. The Morgan fingerprint density at radius 3 is 2.70 bits per heavy atom. The van der Waals surface area contributed by atoms with Gasteiger partial charge in [0.1, 0.15) is 0 Å². The molecule has 0 aromatic carbocycles. The van der Waals surface area contributed by atoms with Gasteiger partial charge in [0.15, 0.2) is 5.13 Å². The topological polar surface area (TPSA) is 71.6 Å². The van der Waals surface area contributed by atoms with E-state index in [9.17, 15) is 5.11 Å². The van der Waals surface area contributed by atoms with Crippen molar-refractivity contribution in [3.8, 4) is 0 Å². The molecule has 0 radical (unpaired) electrons. The minimum Gasteiger partial charge on any atom is -0.393 e. The molecule has 1 aromatic rings. The minimum atomic E-state index is -0.235. The first kappa shape index (κ1) is 17.1. The van der Waals surface area contributed by atoms with Crippen LogP contribution in [-0.4, -0.2) is 45.9 Å². The molecule has 23 heavy (non-hydrogen) atoms. The van der Waals surface area contributed by atoms with Gasteiger partial charge in [-0.05, 0) is 18.3 Å². The molecule has 130 valence electrons. The number of likely N-dealkylation sites (tertiary alicyclic amines) is 1. The van der Waals surface area contributed by atoms with Gasteiger partial charge in [-0.25, -0.2) is 4.98 Å². The summed E-state index contributed by atoms with van der Waals surface area (Å²) in [5.41, 5.74) is 5.64. The minimum absolute atomic E-state index is 0.0751. The van der Waals surface area contributed by atoms with Gasteiger partial charge in [-0.2, -0.15) is 0 Å². The normalized spacial score (nSPS) is 29.0. The molecule has 3 heterocycles. The lowest BCUT2D eigenvalue weighted by Gasteiger charge is -2.50. The van der Waals surface area contributed by atoms with Gasteiger partial charge >= 0.3 is 0 Å². The smallest absolute Gasteiger partial charge is 0.180 e. The van der Waals surface area contributed by atoms with E-state index in [0.29, 0.717) is 5.13 Å². The van der Waals surface area contributed by atoms with Gasteiger partial charge in [0.25, 0.3) is 0 Å². The lowest BCUT2D eigenvalue weighted by atomic mass is 9.76. The third-order valence-electron chi connectivity index (χ3n) is 5.17. The molecule has 2 atom stereocenters. The summed E-state index contributed by atoms with van der Waals surface area (Å²) in [5, 5.41) is 11.0. The molecule has 0 saturated carbocycles. The van der Waals surface area contributed by atoms with Gasteiger partial charge in [0.2, 0.25) is 0 Å². The maximum Gasteiger partial charge on any atom is 0.180 e. The van der Waals surface area contributed by atoms with E-state index in [4.69, 9.17) is 10.5 Å². The molecular weight excluding hydrogens is 310 g/mol. The molecule has 2 aliphatic heterocycles. The molecule has 1 spiro atoms. The van der Waals surface area contributed by atoms with Crippen LogP contribution < -0.4 is 5.73 Å². The first-order valence-electron chi connectivity index (χ1n) is 8.54. The van der Waals surface area contributed by atoms with Crippen LogP contribution in [0.4, 0.5) is 5.13 Å². The standard InChI is InChI=1S/C17H29N3O2S/c1-16(2,3)14-8-12(21)9-17(22-14)4-6-20(7-5-17)11-13-10-19-15(18)23-13/h10,12,14,21H,4-9,11H2,1-3H3,(H2,18,19)/t12-,14-/m1/s1. The second-order valence-electron chi connectivity index (χ2n) is 8.19. The number of piperidine rings is 1. The van der Waals surface area contributed by atoms with E-state index >= 15 is 0 Å². The average molecular weight is 340 g/mol. The average Bonchev–Trinajstić information content (AvgIpc) is 2.85. The van der Waals surface area contributed by atoms with Crippen molar-refractivity contribution < 1.29 is 9.84 Å². The van der Waals surface area contributed by atoms with Crippen LogP contribution in [0.1, 0.15) is 51.3 Å². The van der Waals surface area contributed by atoms with Crippen LogP contribution >= 0.6 is 11.3 Å². The quantitative estimate of drug-likeness (QED) is 0.867. The zero-order chi connectivity index (χ0) is 16.7. The van der Waals surface area contributed by atoms with Gasteiger partial charge in [0, 0.05) is 43.5 Å². The summed E-state index contributed by atoms with van der Waals surface area (Å²) in [7, 11) is 0. The number of anilines is 1. The molecule has 5 nitrogen and oxygen atoms in total. The first-order chi connectivity index (χ1) is 10.8. The molecule has 2 aliphatic rings. The number of rotatable bonds is 2. The third kappa shape index (κ3) is 4.05. The van der Waals surface area contributed by atoms with E-state index in [-0.39, 0.29) is 23.2 Å². The van der Waals surface area contributed by atoms with E-state index in [1.165, 1.54) is 4.88 Å². The predicted octanol–water partition coefficient (Wildman–Crippen LogP) is 2.65. The van der Waals surface area contributed by atoms with Crippen LogP contribution in [0.25, 0.3) is 0 Å². The number of aliphatic hydroxyl groups excluding tert-OH is 1. The van der Waals surface area contributed by atoms with Crippen LogP contribution in [-0.2, 0) is 11.3 Å². The van der Waals surface area contributed by atoms with Gasteiger partial charge < -0.3 is 15.6 Å². The number of aromatic nitrogens is 1. The number of thiazole rings is 1. The fraction of sp³-hybridized carbons (Fsp3) is 0.824. The summed E-state index contributed by atoms with van der Waals surface area (Å²) in [6.45, 7) is 9.52. The van der Waals surface area contributed by atoms with Crippen molar-refractivity contribution in [3.63, 3.8) is 0 Å². The number of ether oxygens (including phenoxy) is 1. The molecule has 1 aromatic heterocycles. The van der Waals surface area contributed by atoms with Crippen molar-refractivity contribution in [1.82, 2.24) is 9.88 Å². The Bertz CT molecular complexity index is 532. The number of nitrogen functional groups attached to an aromatic ring is 1. The zero-order valence-corrected chi connectivity index (χ0v) is 15.2. The van der Waals surface area contributed by atoms with Crippen LogP contribution in [0.5, 0.6) is 0 Å². The number of nitrogens with zero attached hydrogens (tertiary/aromatic N) is 2. The summed E-state index contributed by atoms with van der Waals surface area (Å²) in [4.78, 5) is 7.78. The van der Waals surface area contributed by atoms with Gasteiger partial charge in [0.05, 0.1) is 17.8 Å². The summed E-state index contributed by atoms with van der Waals surface area (Å²) >= 11 is 1.57. The molecule has 0 aliphatic carbocycles. The SMILES string of the molecule is CC(C)(C)[C@H]1C[C@@H](O)CC2(CCN(Cc3cnc(N)s3)CC2)O1. The molecule has 3 rings (SSSR count). The van der Waals surface area contributed by atoms with Crippen LogP contribution in [0.2, 0.25) is 0 Å². The van der Waals surface area contributed by atoms with E-state index in [1.807, 2.05) is 6.20 Å². The number of hydrogen-bond donors (Lipinski definition) is 2. The van der Waals surface area contributed by atoms with Crippen molar-refractivity contribution in [3.05, 3.63) is 11.1 Å². The highest BCUT2D eigenvalue weighted by Crippen LogP contribution is 2.42. The molecular formula is C17H29N3O2S. The first-order valence-corrected chi connectivity index (χ1v) is 9.36. The molecule has 0 amide bonds. The lowest BCUT2D eigenvalue weighted by Crippen LogP contribution is -2.54. The van der Waals surface area contributed by atoms with E-state index in [0.717, 1.165) is 45.3 Å².